The Morgan fingerprint density at radius 1 is 1.38 bits per heavy atom. The Labute approximate surface area is 110 Å². The molecule has 4 heteroatoms. The molecule has 0 N–H and O–H groups in total. The SMILES string of the molecule is CCCN(CCCl)Cc1ccc(F)c(Br)c1. The van der Waals surface area contributed by atoms with Gasteiger partial charge in [-0.05, 0) is 46.6 Å². The van der Waals surface area contributed by atoms with Crippen LogP contribution in [0.1, 0.15) is 18.9 Å². The normalized spacial score (nSPS) is 11.1. The molecule has 0 aliphatic rings. The number of hydrogen-bond donors (Lipinski definition) is 0. The molecule has 0 amide bonds. The molecule has 0 atom stereocenters. The molecule has 0 fully saturated rings. The summed E-state index contributed by atoms with van der Waals surface area (Å²) in [5.41, 5.74) is 1.10. The molecule has 0 spiro atoms. The van der Waals surface area contributed by atoms with Gasteiger partial charge in [0.05, 0.1) is 4.47 Å². The van der Waals surface area contributed by atoms with Gasteiger partial charge < -0.3 is 0 Å². The number of halogens is 3. The van der Waals surface area contributed by atoms with Crippen molar-refractivity contribution in [3.8, 4) is 0 Å². The van der Waals surface area contributed by atoms with Crippen molar-refractivity contribution in [3.63, 3.8) is 0 Å². The first-order valence-electron chi connectivity index (χ1n) is 5.39. The lowest BCUT2D eigenvalue weighted by molar-refractivity contribution is 0.282. The summed E-state index contributed by atoms with van der Waals surface area (Å²) in [6.07, 6.45) is 1.10. The summed E-state index contributed by atoms with van der Waals surface area (Å²) in [6.45, 7) is 4.84. The van der Waals surface area contributed by atoms with E-state index in [1.165, 1.54) is 6.07 Å². The Morgan fingerprint density at radius 2 is 2.12 bits per heavy atom. The van der Waals surface area contributed by atoms with Crippen LogP contribution in [0.25, 0.3) is 0 Å². The maximum atomic E-state index is 13.1. The first-order valence-corrected chi connectivity index (χ1v) is 6.72. The smallest absolute Gasteiger partial charge is 0.137 e. The fraction of sp³-hybridized carbons (Fsp3) is 0.500. The van der Waals surface area contributed by atoms with Crippen LogP contribution >= 0.6 is 27.5 Å². The Balaban J connectivity index is 2.65. The van der Waals surface area contributed by atoms with Gasteiger partial charge in [0.1, 0.15) is 5.82 Å². The Morgan fingerprint density at radius 3 is 2.69 bits per heavy atom. The van der Waals surface area contributed by atoms with E-state index in [0.29, 0.717) is 10.4 Å². The van der Waals surface area contributed by atoms with Gasteiger partial charge in [-0.15, -0.1) is 11.6 Å². The van der Waals surface area contributed by atoms with Crippen molar-refractivity contribution in [2.24, 2.45) is 0 Å². The van der Waals surface area contributed by atoms with Crippen LogP contribution in [0.4, 0.5) is 4.39 Å². The minimum atomic E-state index is -0.219. The van der Waals surface area contributed by atoms with Crippen LogP contribution < -0.4 is 0 Å². The van der Waals surface area contributed by atoms with Crippen LogP contribution in [-0.2, 0) is 6.54 Å². The molecule has 0 aliphatic carbocycles. The highest BCUT2D eigenvalue weighted by atomic mass is 79.9. The summed E-state index contributed by atoms with van der Waals surface area (Å²) < 4.78 is 13.6. The van der Waals surface area contributed by atoms with Crippen molar-refractivity contribution < 1.29 is 4.39 Å². The molecule has 0 aromatic heterocycles. The Hall–Kier alpha value is -0.120. The van der Waals surface area contributed by atoms with Crippen LogP contribution in [0, 0.1) is 5.82 Å². The number of nitrogens with zero attached hydrogens (tertiary/aromatic N) is 1. The van der Waals surface area contributed by atoms with Crippen LogP contribution in [-0.4, -0.2) is 23.9 Å². The van der Waals surface area contributed by atoms with Gasteiger partial charge in [-0.1, -0.05) is 13.0 Å². The minimum absolute atomic E-state index is 0.219. The van der Waals surface area contributed by atoms with Crippen molar-refractivity contribution in [2.45, 2.75) is 19.9 Å². The lowest BCUT2D eigenvalue weighted by Crippen LogP contribution is -2.26. The molecule has 0 saturated carbocycles. The lowest BCUT2D eigenvalue weighted by atomic mass is 10.2. The summed E-state index contributed by atoms with van der Waals surface area (Å²) in [7, 11) is 0. The van der Waals surface area contributed by atoms with Gasteiger partial charge in [0, 0.05) is 19.0 Å². The van der Waals surface area contributed by atoms with E-state index >= 15 is 0 Å². The summed E-state index contributed by atoms with van der Waals surface area (Å²) in [6, 6.07) is 5.13. The third kappa shape index (κ3) is 4.40. The predicted octanol–water partition coefficient (Wildman–Crippen LogP) is 4.04. The third-order valence-corrected chi connectivity index (χ3v) is 3.11. The van der Waals surface area contributed by atoms with E-state index in [4.69, 9.17) is 11.6 Å². The van der Waals surface area contributed by atoms with Gasteiger partial charge in [0.15, 0.2) is 0 Å². The van der Waals surface area contributed by atoms with Gasteiger partial charge in [0.25, 0.3) is 0 Å². The lowest BCUT2D eigenvalue weighted by Gasteiger charge is -2.20. The van der Waals surface area contributed by atoms with Crippen molar-refractivity contribution in [3.05, 3.63) is 34.1 Å². The molecular weight excluding hydrogens is 292 g/mol. The second kappa shape index (κ2) is 7.25. The van der Waals surface area contributed by atoms with E-state index in [9.17, 15) is 4.39 Å². The first-order chi connectivity index (χ1) is 7.67. The molecular formula is C12H16BrClFN. The topological polar surface area (TPSA) is 3.24 Å². The highest BCUT2D eigenvalue weighted by molar-refractivity contribution is 9.10. The number of rotatable bonds is 6. The van der Waals surface area contributed by atoms with Crippen molar-refractivity contribution in [2.75, 3.05) is 19.0 Å². The highest BCUT2D eigenvalue weighted by Crippen LogP contribution is 2.18. The molecule has 0 radical (unpaired) electrons. The second-order valence-corrected chi connectivity index (χ2v) is 4.95. The van der Waals surface area contributed by atoms with Crippen LogP contribution in [0.15, 0.2) is 22.7 Å². The van der Waals surface area contributed by atoms with E-state index in [1.807, 2.05) is 12.1 Å². The average molecular weight is 309 g/mol. The van der Waals surface area contributed by atoms with E-state index in [-0.39, 0.29) is 5.82 Å². The summed E-state index contributed by atoms with van der Waals surface area (Å²) >= 11 is 8.94. The predicted molar refractivity (Wildman–Crippen MR) is 70.4 cm³/mol. The maximum Gasteiger partial charge on any atom is 0.137 e. The third-order valence-electron chi connectivity index (χ3n) is 2.33. The molecule has 0 saturated heterocycles. The number of benzene rings is 1. The average Bonchev–Trinajstić information content (AvgIpc) is 2.24. The van der Waals surface area contributed by atoms with Crippen molar-refractivity contribution >= 4 is 27.5 Å². The van der Waals surface area contributed by atoms with Gasteiger partial charge in [-0.2, -0.15) is 0 Å². The fourth-order valence-corrected chi connectivity index (χ4v) is 2.27. The van der Waals surface area contributed by atoms with Crippen molar-refractivity contribution in [1.82, 2.24) is 4.90 Å². The summed E-state index contributed by atoms with van der Waals surface area (Å²) in [5.74, 6) is 0.408. The van der Waals surface area contributed by atoms with E-state index < -0.39 is 0 Å². The molecule has 0 aliphatic heterocycles. The monoisotopic (exact) mass is 307 g/mol. The van der Waals surface area contributed by atoms with Crippen LogP contribution in [0.2, 0.25) is 0 Å². The number of alkyl halides is 1. The molecule has 0 heterocycles. The van der Waals surface area contributed by atoms with E-state index in [2.05, 4.69) is 27.8 Å². The zero-order valence-corrected chi connectivity index (χ0v) is 11.7. The molecule has 90 valence electrons. The quantitative estimate of drug-likeness (QED) is 0.717. The second-order valence-electron chi connectivity index (χ2n) is 3.71. The molecule has 1 nitrogen and oxygen atoms in total. The largest absolute Gasteiger partial charge is 0.298 e. The first kappa shape index (κ1) is 13.9. The van der Waals surface area contributed by atoms with Crippen LogP contribution in [0.3, 0.4) is 0 Å². The van der Waals surface area contributed by atoms with E-state index in [0.717, 1.165) is 31.6 Å². The van der Waals surface area contributed by atoms with Gasteiger partial charge in [-0.3, -0.25) is 4.90 Å². The molecule has 1 aromatic carbocycles. The van der Waals surface area contributed by atoms with E-state index in [1.54, 1.807) is 0 Å². The van der Waals surface area contributed by atoms with Gasteiger partial charge >= 0.3 is 0 Å². The number of hydrogen-bond acceptors (Lipinski definition) is 1. The molecule has 1 rings (SSSR count). The zero-order chi connectivity index (χ0) is 12.0. The molecule has 1 aromatic rings. The standard InChI is InChI=1S/C12H16BrClFN/c1-2-6-16(7-5-14)9-10-3-4-12(15)11(13)8-10/h3-4,8H,2,5-7,9H2,1H3. The van der Waals surface area contributed by atoms with Crippen LogP contribution in [0.5, 0.6) is 0 Å². The Bertz CT molecular complexity index is 327. The van der Waals surface area contributed by atoms with Crippen molar-refractivity contribution in [1.29, 1.82) is 0 Å². The molecule has 0 unspecified atom stereocenters. The van der Waals surface area contributed by atoms with Gasteiger partial charge in [0.2, 0.25) is 0 Å². The van der Waals surface area contributed by atoms with Gasteiger partial charge in [-0.25, -0.2) is 4.39 Å². The maximum absolute atomic E-state index is 13.1. The fourth-order valence-electron chi connectivity index (χ4n) is 1.60. The zero-order valence-electron chi connectivity index (χ0n) is 9.35. The summed E-state index contributed by atoms with van der Waals surface area (Å²) in [4.78, 5) is 2.27. The minimum Gasteiger partial charge on any atom is -0.298 e. The summed E-state index contributed by atoms with van der Waals surface area (Å²) in [5, 5.41) is 0. The highest BCUT2D eigenvalue weighted by Gasteiger charge is 2.06. The molecule has 16 heavy (non-hydrogen) atoms. The molecule has 0 bridgehead atoms. The Kier molecular flexibility index (Phi) is 6.32.